The predicted molar refractivity (Wildman–Crippen MR) is 84.7 cm³/mol. The summed E-state index contributed by atoms with van der Waals surface area (Å²) >= 11 is 0. The van der Waals surface area contributed by atoms with Gasteiger partial charge in [0.2, 0.25) is 0 Å². The molecule has 2 atom stereocenters. The van der Waals surface area contributed by atoms with Gasteiger partial charge in [0.15, 0.2) is 0 Å². The van der Waals surface area contributed by atoms with E-state index in [0.29, 0.717) is 18.4 Å². The van der Waals surface area contributed by atoms with Crippen molar-refractivity contribution in [2.24, 2.45) is 11.8 Å². The van der Waals surface area contributed by atoms with E-state index in [1.807, 2.05) is 11.6 Å². The van der Waals surface area contributed by atoms with Crippen molar-refractivity contribution in [1.29, 1.82) is 0 Å². The average molecular weight is 305 g/mol. The van der Waals surface area contributed by atoms with Crippen LogP contribution in [0.3, 0.4) is 0 Å². The summed E-state index contributed by atoms with van der Waals surface area (Å²) in [5, 5.41) is 14.5. The fraction of sp³-hybridized carbons (Fsp3) is 0.765. The lowest BCUT2D eigenvalue weighted by Crippen LogP contribution is -2.46. The zero-order valence-corrected chi connectivity index (χ0v) is 13.8. The fourth-order valence-electron chi connectivity index (χ4n) is 3.24. The summed E-state index contributed by atoms with van der Waals surface area (Å²) in [6, 6.07) is 0. The normalized spacial score (nSPS) is 25.8. The first kappa shape index (κ1) is 15.5. The third-order valence-corrected chi connectivity index (χ3v) is 4.82. The van der Waals surface area contributed by atoms with E-state index in [0.717, 1.165) is 43.6 Å². The second kappa shape index (κ2) is 6.03. The minimum atomic E-state index is -0.409. The lowest BCUT2D eigenvalue weighted by Gasteiger charge is -2.34. The first-order valence-electron chi connectivity index (χ1n) is 8.50. The van der Waals surface area contributed by atoms with E-state index in [2.05, 4.69) is 18.9 Å². The minimum Gasteiger partial charge on any atom is -0.391 e. The summed E-state index contributed by atoms with van der Waals surface area (Å²) in [5.74, 6) is 1.32. The van der Waals surface area contributed by atoms with Gasteiger partial charge in [-0.3, -0.25) is 9.48 Å². The van der Waals surface area contributed by atoms with Gasteiger partial charge < -0.3 is 10.0 Å². The van der Waals surface area contributed by atoms with Crippen molar-refractivity contribution in [2.45, 2.75) is 58.6 Å². The highest BCUT2D eigenvalue weighted by Gasteiger charge is 2.35. The number of aromatic nitrogens is 2. The van der Waals surface area contributed by atoms with Gasteiger partial charge in [0.05, 0.1) is 23.6 Å². The molecule has 1 N–H and O–H groups in total. The topological polar surface area (TPSA) is 58.4 Å². The van der Waals surface area contributed by atoms with Crippen molar-refractivity contribution < 1.29 is 9.90 Å². The molecule has 0 radical (unpaired) electrons. The molecular weight excluding hydrogens is 278 g/mol. The number of aliphatic hydroxyl groups excluding tert-OH is 1. The van der Waals surface area contributed by atoms with Crippen LogP contribution in [-0.2, 0) is 6.54 Å². The number of nitrogens with zero attached hydrogens (tertiary/aromatic N) is 3. The number of hydrogen-bond acceptors (Lipinski definition) is 3. The van der Waals surface area contributed by atoms with Gasteiger partial charge >= 0.3 is 0 Å². The van der Waals surface area contributed by atoms with Gasteiger partial charge in [-0.1, -0.05) is 20.8 Å². The van der Waals surface area contributed by atoms with Gasteiger partial charge in [-0.15, -0.1) is 0 Å². The Morgan fingerprint density at radius 1 is 1.41 bits per heavy atom. The largest absolute Gasteiger partial charge is 0.391 e. The lowest BCUT2D eigenvalue weighted by atomic mass is 9.95. The summed E-state index contributed by atoms with van der Waals surface area (Å²) in [5.41, 5.74) is 1.87. The molecule has 2 unspecified atom stereocenters. The van der Waals surface area contributed by atoms with Crippen LogP contribution in [0.1, 0.15) is 62.0 Å². The summed E-state index contributed by atoms with van der Waals surface area (Å²) in [7, 11) is 0. The zero-order valence-electron chi connectivity index (χ0n) is 13.8. The van der Waals surface area contributed by atoms with E-state index in [1.54, 1.807) is 11.1 Å². The van der Waals surface area contributed by atoms with Crippen LogP contribution >= 0.6 is 0 Å². The molecule has 5 nitrogen and oxygen atoms in total. The Bertz CT molecular complexity index is 548. The Morgan fingerprint density at radius 3 is 2.73 bits per heavy atom. The summed E-state index contributed by atoms with van der Waals surface area (Å²) in [6.45, 7) is 8.42. The molecule has 3 rings (SSSR count). The molecule has 1 aromatic rings. The number of likely N-dealkylation sites (tertiary alicyclic amines) is 1. The Labute approximate surface area is 132 Å². The number of hydrogen-bond donors (Lipinski definition) is 1. The van der Waals surface area contributed by atoms with Crippen LogP contribution in [0.25, 0.3) is 0 Å². The maximum Gasteiger partial charge on any atom is 0.257 e. The van der Waals surface area contributed by atoms with Crippen molar-refractivity contribution in [1.82, 2.24) is 14.7 Å². The van der Waals surface area contributed by atoms with Crippen LogP contribution in [0.2, 0.25) is 0 Å². The van der Waals surface area contributed by atoms with Crippen molar-refractivity contribution in [3.05, 3.63) is 17.5 Å². The summed E-state index contributed by atoms with van der Waals surface area (Å²) < 4.78 is 2.03. The maximum atomic E-state index is 12.9. The van der Waals surface area contributed by atoms with Crippen LogP contribution in [-0.4, -0.2) is 44.9 Å². The first-order chi connectivity index (χ1) is 10.5. The lowest BCUT2D eigenvalue weighted by molar-refractivity contribution is 0.0248. The van der Waals surface area contributed by atoms with E-state index in [4.69, 9.17) is 0 Å². The van der Waals surface area contributed by atoms with E-state index in [1.165, 1.54) is 0 Å². The second-order valence-corrected chi connectivity index (χ2v) is 7.38. The van der Waals surface area contributed by atoms with Crippen molar-refractivity contribution in [3.63, 3.8) is 0 Å². The molecule has 0 spiro atoms. The molecule has 1 saturated heterocycles. The standard InChI is InChI=1S/C17H27N3O2/c1-11(2)9-20-16(13-4-5-13)14(8-18-20)17(22)19-7-6-12(3)15(21)10-19/h8,11-13,15,21H,4-7,9-10H2,1-3H3. The molecule has 1 aliphatic heterocycles. The Morgan fingerprint density at radius 2 is 2.14 bits per heavy atom. The van der Waals surface area contributed by atoms with Crippen LogP contribution in [0.5, 0.6) is 0 Å². The molecule has 2 fully saturated rings. The SMILES string of the molecule is CC(C)Cn1ncc(C(=O)N2CCC(C)C(O)C2)c1C1CC1. The molecule has 1 saturated carbocycles. The predicted octanol–water partition coefficient (Wildman–Crippen LogP) is 2.26. The highest BCUT2D eigenvalue weighted by molar-refractivity contribution is 5.95. The number of amides is 1. The van der Waals surface area contributed by atoms with Crippen LogP contribution in [0.15, 0.2) is 6.20 Å². The highest BCUT2D eigenvalue weighted by atomic mass is 16.3. The van der Waals surface area contributed by atoms with Crippen molar-refractivity contribution in [3.8, 4) is 0 Å². The van der Waals surface area contributed by atoms with Gasteiger partial charge in [-0.2, -0.15) is 5.10 Å². The number of piperidine rings is 1. The number of β-amino-alcohol motifs (C(OH)–C–C–N with tert-alkyl or cyclic N) is 1. The highest BCUT2D eigenvalue weighted by Crippen LogP contribution is 2.42. The number of carbonyl (C=O) groups is 1. The first-order valence-corrected chi connectivity index (χ1v) is 8.50. The van der Waals surface area contributed by atoms with E-state index in [9.17, 15) is 9.90 Å². The zero-order chi connectivity index (χ0) is 15.9. The monoisotopic (exact) mass is 305 g/mol. The maximum absolute atomic E-state index is 12.9. The van der Waals surface area contributed by atoms with Crippen LogP contribution in [0.4, 0.5) is 0 Å². The average Bonchev–Trinajstić information content (AvgIpc) is 3.22. The van der Waals surface area contributed by atoms with E-state index < -0.39 is 6.10 Å². The number of carbonyl (C=O) groups excluding carboxylic acids is 1. The second-order valence-electron chi connectivity index (χ2n) is 7.38. The molecule has 22 heavy (non-hydrogen) atoms. The number of rotatable bonds is 4. The summed E-state index contributed by atoms with van der Waals surface area (Å²) in [6.07, 6.45) is 4.51. The molecule has 0 aromatic carbocycles. The molecule has 2 aliphatic rings. The van der Waals surface area contributed by atoms with E-state index in [-0.39, 0.29) is 11.8 Å². The van der Waals surface area contributed by atoms with Crippen LogP contribution in [0, 0.1) is 11.8 Å². The van der Waals surface area contributed by atoms with Gasteiger partial charge in [-0.25, -0.2) is 0 Å². The quantitative estimate of drug-likeness (QED) is 0.928. The molecule has 122 valence electrons. The Balaban J connectivity index is 1.82. The van der Waals surface area contributed by atoms with Crippen molar-refractivity contribution in [2.75, 3.05) is 13.1 Å². The Kier molecular flexibility index (Phi) is 4.26. The van der Waals surface area contributed by atoms with Crippen molar-refractivity contribution >= 4 is 5.91 Å². The van der Waals surface area contributed by atoms with Crippen LogP contribution < -0.4 is 0 Å². The molecule has 0 bridgehead atoms. The molecular formula is C17H27N3O2. The van der Waals surface area contributed by atoms with Gasteiger partial charge in [0.25, 0.3) is 5.91 Å². The van der Waals surface area contributed by atoms with Gasteiger partial charge in [0, 0.05) is 25.6 Å². The molecule has 1 aromatic heterocycles. The van der Waals surface area contributed by atoms with Gasteiger partial charge in [-0.05, 0) is 31.1 Å². The molecule has 2 heterocycles. The van der Waals surface area contributed by atoms with E-state index >= 15 is 0 Å². The Hall–Kier alpha value is -1.36. The fourth-order valence-corrected chi connectivity index (χ4v) is 3.24. The molecule has 5 heteroatoms. The minimum absolute atomic E-state index is 0.0443. The molecule has 1 amide bonds. The number of aliphatic hydroxyl groups is 1. The smallest absolute Gasteiger partial charge is 0.257 e. The molecule has 1 aliphatic carbocycles. The third kappa shape index (κ3) is 3.05. The van der Waals surface area contributed by atoms with Gasteiger partial charge in [0.1, 0.15) is 0 Å². The third-order valence-electron chi connectivity index (χ3n) is 4.82. The summed E-state index contributed by atoms with van der Waals surface area (Å²) in [4.78, 5) is 14.7.